The maximum absolute atomic E-state index is 10.1. The smallest absolute Gasteiger partial charge is 0.303 e. The predicted molar refractivity (Wildman–Crippen MR) is 37.7 cm³/mol. The van der Waals surface area contributed by atoms with Gasteiger partial charge in [0, 0.05) is 12.3 Å². The Kier molecular flexibility index (Phi) is 4.58. The van der Waals surface area contributed by atoms with Gasteiger partial charge in [0.05, 0.1) is 18.8 Å². The van der Waals surface area contributed by atoms with Gasteiger partial charge in [-0.05, 0) is 6.08 Å². The van der Waals surface area contributed by atoms with E-state index in [1.807, 2.05) is 6.07 Å². The molecule has 0 radical (unpaired) electrons. The molecule has 0 aromatic heterocycles. The number of hydrogen-bond donors (Lipinski definition) is 2. The molecule has 11 heavy (non-hydrogen) atoms. The lowest BCUT2D eigenvalue weighted by atomic mass is 10.0. The molecule has 0 unspecified atom stereocenters. The second kappa shape index (κ2) is 5.30. The van der Waals surface area contributed by atoms with Gasteiger partial charge in [0.25, 0.3) is 0 Å². The zero-order chi connectivity index (χ0) is 8.69. The Bertz CT molecular complexity index is 192. The molecule has 0 fully saturated rings. The van der Waals surface area contributed by atoms with Crippen molar-refractivity contribution >= 4 is 5.97 Å². The minimum absolute atomic E-state index is 0.114. The Labute approximate surface area is 64.4 Å². The van der Waals surface area contributed by atoms with Crippen LogP contribution in [0.25, 0.3) is 0 Å². The number of carbonyl (C=O) groups is 1. The molecule has 0 aliphatic carbocycles. The largest absolute Gasteiger partial charge is 0.516 e. The summed E-state index contributed by atoms with van der Waals surface area (Å²) in [5.41, 5.74) is 0. The molecule has 4 nitrogen and oxygen atoms in total. The SMILES string of the molecule is N#CC[C@@H](C=CO)CC(=O)O. The first-order chi connectivity index (χ1) is 5.20. The maximum atomic E-state index is 10.1. The van der Waals surface area contributed by atoms with E-state index in [-0.39, 0.29) is 18.8 Å². The van der Waals surface area contributed by atoms with Gasteiger partial charge in [0.1, 0.15) is 0 Å². The first kappa shape index (κ1) is 9.50. The van der Waals surface area contributed by atoms with Crippen molar-refractivity contribution in [3.63, 3.8) is 0 Å². The summed E-state index contributed by atoms with van der Waals surface area (Å²) >= 11 is 0. The second-order valence-corrected chi connectivity index (χ2v) is 2.06. The molecular weight excluding hydrogens is 146 g/mol. The van der Waals surface area contributed by atoms with Crippen LogP contribution in [-0.2, 0) is 4.79 Å². The van der Waals surface area contributed by atoms with E-state index < -0.39 is 5.97 Å². The van der Waals surface area contributed by atoms with E-state index >= 15 is 0 Å². The van der Waals surface area contributed by atoms with Gasteiger partial charge < -0.3 is 10.2 Å². The van der Waals surface area contributed by atoms with Crippen LogP contribution in [-0.4, -0.2) is 16.2 Å². The minimum atomic E-state index is -0.969. The topological polar surface area (TPSA) is 81.3 Å². The third-order valence-corrected chi connectivity index (χ3v) is 1.15. The number of aliphatic hydroxyl groups excluding tert-OH is 1. The highest BCUT2D eigenvalue weighted by Gasteiger charge is 2.08. The minimum Gasteiger partial charge on any atom is -0.516 e. The summed E-state index contributed by atoms with van der Waals surface area (Å²) in [6, 6.07) is 1.83. The molecule has 2 N–H and O–H groups in total. The monoisotopic (exact) mass is 155 g/mol. The zero-order valence-corrected chi connectivity index (χ0v) is 5.90. The highest BCUT2D eigenvalue weighted by molar-refractivity contribution is 5.67. The fourth-order valence-corrected chi connectivity index (χ4v) is 0.672. The number of aliphatic hydroxyl groups is 1. The molecule has 0 bridgehead atoms. The summed E-state index contributed by atoms with van der Waals surface area (Å²) in [7, 11) is 0. The van der Waals surface area contributed by atoms with E-state index in [0.717, 1.165) is 6.26 Å². The van der Waals surface area contributed by atoms with Crippen molar-refractivity contribution in [2.45, 2.75) is 12.8 Å². The van der Waals surface area contributed by atoms with Crippen LogP contribution in [0.5, 0.6) is 0 Å². The molecule has 0 amide bonds. The molecule has 0 aliphatic rings. The molecule has 60 valence electrons. The number of aliphatic carboxylic acids is 1. The van der Waals surface area contributed by atoms with Crippen molar-refractivity contribution in [2.24, 2.45) is 5.92 Å². The lowest BCUT2D eigenvalue weighted by Crippen LogP contribution is -2.04. The van der Waals surface area contributed by atoms with E-state index in [1.54, 1.807) is 0 Å². The van der Waals surface area contributed by atoms with Crippen molar-refractivity contribution in [2.75, 3.05) is 0 Å². The van der Waals surface area contributed by atoms with Gasteiger partial charge in [-0.15, -0.1) is 0 Å². The number of allylic oxidation sites excluding steroid dienone is 1. The number of rotatable bonds is 4. The number of nitriles is 1. The average molecular weight is 155 g/mol. The summed E-state index contributed by atoms with van der Waals surface area (Å²) in [5.74, 6) is -1.36. The fourth-order valence-electron chi connectivity index (χ4n) is 0.672. The van der Waals surface area contributed by atoms with E-state index in [2.05, 4.69) is 0 Å². The molecule has 0 aliphatic heterocycles. The van der Waals surface area contributed by atoms with Gasteiger partial charge in [-0.25, -0.2) is 0 Å². The first-order valence-electron chi connectivity index (χ1n) is 3.10. The van der Waals surface area contributed by atoms with Crippen LogP contribution in [0.2, 0.25) is 0 Å². The summed E-state index contributed by atoms with van der Waals surface area (Å²) in [6.45, 7) is 0. The standard InChI is InChI=1S/C7H9NO3/c8-3-1-6(2-4-9)5-7(10)11/h2,4,6,9H,1,5H2,(H,10,11)/t6-/m0/s1. The van der Waals surface area contributed by atoms with Crippen molar-refractivity contribution in [1.29, 1.82) is 5.26 Å². The van der Waals surface area contributed by atoms with Crippen molar-refractivity contribution in [1.82, 2.24) is 0 Å². The Balaban J connectivity index is 3.91. The van der Waals surface area contributed by atoms with E-state index in [1.165, 1.54) is 6.08 Å². The second-order valence-electron chi connectivity index (χ2n) is 2.06. The Hall–Kier alpha value is -1.50. The number of carboxylic acid groups (broad SMARTS) is 1. The molecule has 0 aromatic carbocycles. The van der Waals surface area contributed by atoms with Gasteiger partial charge in [-0.1, -0.05) is 0 Å². The highest BCUT2D eigenvalue weighted by Crippen LogP contribution is 2.08. The van der Waals surface area contributed by atoms with Crippen LogP contribution in [0.1, 0.15) is 12.8 Å². The van der Waals surface area contributed by atoms with Crippen molar-refractivity contribution in [3.8, 4) is 6.07 Å². The molecular formula is C7H9NO3. The maximum Gasteiger partial charge on any atom is 0.303 e. The number of hydrogen-bond acceptors (Lipinski definition) is 3. The van der Waals surface area contributed by atoms with Crippen LogP contribution >= 0.6 is 0 Å². The average Bonchev–Trinajstić information content (AvgIpc) is 1.87. The summed E-state index contributed by atoms with van der Waals surface area (Å²) < 4.78 is 0. The molecule has 0 heterocycles. The normalized spacial score (nSPS) is 12.6. The fraction of sp³-hybridized carbons (Fsp3) is 0.429. The number of carboxylic acids is 1. The highest BCUT2D eigenvalue weighted by atomic mass is 16.4. The third-order valence-electron chi connectivity index (χ3n) is 1.15. The molecule has 0 rings (SSSR count). The summed E-state index contributed by atoms with van der Waals surface area (Å²) in [5, 5.41) is 24.8. The third kappa shape index (κ3) is 4.97. The van der Waals surface area contributed by atoms with Gasteiger partial charge in [-0.2, -0.15) is 5.26 Å². The van der Waals surface area contributed by atoms with E-state index in [0.29, 0.717) is 0 Å². The molecule has 4 heteroatoms. The van der Waals surface area contributed by atoms with Crippen LogP contribution in [0.15, 0.2) is 12.3 Å². The lowest BCUT2D eigenvalue weighted by molar-refractivity contribution is -0.137. The summed E-state index contributed by atoms with van der Waals surface area (Å²) in [4.78, 5) is 10.1. The van der Waals surface area contributed by atoms with Gasteiger partial charge >= 0.3 is 5.97 Å². The Morgan fingerprint density at radius 2 is 2.36 bits per heavy atom. The van der Waals surface area contributed by atoms with E-state index in [4.69, 9.17) is 15.5 Å². The van der Waals surface area contributed by atoms with Gasteiger partial charge in [0.2, 0.25) is 0 Å². The van der Waals surface area contributed by atoms with Crippen LogP contribution in [0, 0.1) is 17.2 Å². The first-order valence-corrected chi connectivity index (χ1v) is 3.10. The molecule has 1 atom stereocenters. The Morgan fingerprint density at radius 1 is 1.73 bits per heavy atom. The molecule has 0 saturated heterocycles. The zero-order valence-electron chi connectivity index (χ0n) is 5.90. The predicted octanol–water partition coefficient (Wildman–Crippen LogP) is 1.06. The molecule has 0 spiro atoms. The van der Waals surface area contributed by atoms with Crippen molar-refractivity contribution in [3.05, 3.63) is 12.3 Å². The van der Waals surface area contributed by atoms with Crippen LogP contribution in [0.3, 0.4) is 0 Å². The molecule has 0 saturated carbocycles. The van der Waals surface area contributed by atoms with Gasteiger partial charge in [-0.3, -0.25) is 4.79 Å². The quantitative estimate of drug-likeness (QED) is 0.595. The van der Waals surface area contributed by atoms with Crippen LogP contribution < -0.4 is 0 Å². The Morgan fingerprint density at radius 3 is 2.73 bits per heavy atom. The lowest BCUT2D eigenvalue weighted by Gasteiger charge is -2.01. The van der Waals surface area contributed by atoms with E-state index in [9.17, 15) is 4.79 Å². The van der Waals surface area contributed by atoms with Gasteiger partial charge in [0.15, 0.2) is 0 Å². The number of nitrogens with zero attached hydrogens (tertiary/aromatic N) is 1. The summed E-state index contributed by atoms with van der Waals surface area (Å²) in [6.07, 6.45) is 2.07. The van der Waals surface area contributed by atoms with Crippen molar-refractivity contribution < 1.29 is 15.0 Å². The van der Waals surface area contributed by atoms with Crippen LogP contribution in [0.4, 0.5) is 0 Å². The molecule has 0 aromatic rings.